The highest BCUT2D eigenvalue weighted by atomic mass is 35.5. The molecule has 1 aliphatic heterocycles. The highest BCUT2D eigenvalue weighted by Crippen LogP contribution is 2.26. The average molecular weight is 385 g/mol. The maximum absolute atomic E-state index is 12.6. The highest BCUT2D eigenvalue weighted by molar-refractivity contribution is 7.92. The Morgan fingerprint density at radius 3 is 2.64 bits per heavy atom. The van der Waals surface area contributed by atoms with Crippen LogP contribution in [0.3, 0.4) is 0 Å². The van der Waals surface area contributed by atoms with Crippen molar-refractivity contribution in [1.82, 2.24) is 15.1 Å². The predicted octanol–water partition coefficient (Wildman–Crippen LogP) is 2.31. The molecule has 0 spiro atoms. The molecule has 0 saturated carbocycles. The second kappa shape index (κ2) is 7.33. The van der Waals surface area contributed by atoms with Gasteiger partial charge in [-0.25, -0.2) is 8.42 Å². The molecule has 0 bridgehead atoms. The van der Waals surface area contributed by atoms with Gasteiger partial charge in [-0.2, -0.15) is 5.10 Å². The van der Waals surface area contributed by atoms with E-state index in [9.17, 15) is 8.42 Å². The van der Waals surface area contributed by atoms with Gasteiger partial charge < -0.3 is 4.74 Å². The molecule has 1 fully saturated rings. The van der Waals surface area contributed by atoms with Crippen LogP contribution in [0.5, 0.6) is 0 Å². The van der Waals surface area contributed by atoms with E-state index >= 15 is 0 Å². The van der Waals surface area contributed by atoms with E-state index in [1.165, 1.54) is 0 Å². The number of benzene rings is 1. The highest BCUT2D eigenvalue weighted by Gasteiger charge is 2.22. The van der Waals surface area contributed by atoms with E-state index in [-0.39, 0.29) is 4.90 Å². The van der Waals surface area contributed by atoms with E-state index in [0.717, 1.165) is 38.4 Å². The number of halogens is 1. The number of hydrogen-bond acceptors (Lipinski definition) is 5. The summed E-state index contributed by atoms with van der Waals surface area (Å²) in [5.74, 6) is 0. The molecule has 0 aliphatic carbocycles. The van der Waals surface area contributed by atoms with Crippen LogP contribution in [0.15, 0.2) is 23.1 Å². The van der Waals surface area contributed by atoms with Crippen LogP contribution in [0.1, 0.15) is 17.0 Å². The summed E-state index contributed by atoms with van der Waals surface area (Å²) in [5, 5.41) is 7.15. The number of rotatable bonds is 5. The molecular formula is C16H21ClN4O3S. The van der Waals surface area contributed by atoms with Crippen LogP contribution < -0.4 is 4.72 Å². The lowest BCUT2D eigenvalue weighted by atomic mass is 10.2. The molecule has 2 heterocycles. The summed E-state index contributed by atoms with van der Waals surface area (Å²) in [6, 6.07) is 5.22. The molecule has 7 nitrogen and oxygen atoms in total. The van der Waals surface area contributed by atoms with Crippen molar-refractivity contribution < 1.29 is 13.2 Å². The number of aromatic amines is 1. The fourth-order valence-electron chi connectivity index (χ4n) is 2.88. The molecule has 1 aliphatic rings. The molecule has 3 rings (SSSR count). The van der Waals surface area contributed by atoms with E-state index in [1.54, 1.807) is 26.0 Å². The lowest BCUT2D eigenvalue weighted by molar-refractivity contribution is 0.0342. The third kappa shape index (κ3) is 4.14. The van der Waals surface area contributed by atoms with Gasteiger partial charge in [-0.15, -0.1) is 0 Å². The quantitative estimate of drug-likeness (QED) is 0.826. The molecule has 1 aromatic carbocycles. The number of morpholine rings is 1. The lowest BCUT2D eigenvalue weighted by Gasteiger charge is -2.27. The minimum Gasteiger partial charge on any atom is -0.379 e. The Morgan fingerprint density at radius 1 is 1.32 bits per heavy atom. The monoisotopic (exact) mass is 384 g/mol. The van der Waals surface area contributed by atoms with Crippen molar-refractivity contribution >= 4 is 27.3 Å². The second-order valence-electron chi connectivity index (χ2n) is 6.06. The minimum absolute atomic E-state index is 0.168. The first kappa shape index (κ1) is 18.2. The van der Waals surface area contributed by atoms with Crippen LogP contribution in [0.25, 0.3) is 0 Å². The van der Waals surface area contributed by atoms with Crippen molar-refractivity contribution in [2.75, 3.05) is 31.0 Å². The Hall–Kier alpha value is -1.61. The number of sulfonamides is 1. The molecule has 9 heteroatoms. The van der Waals surface area contributed by atoms with Crippen molar-refractivity contribution in [3.63, 3.8) is 0 Å². The van der Waals surface area contributed by atoms with Crippen molar-refractivity contribution in [3.8, 4) is 0 Å². The Bertz CT molecular complexity index is 841. The summed E-state index contributed by atoms with van der Waals surface area (Å²) in [6.45, 7) is 7.21. The molecular weight excluding hydrogens is 364 g/mol. The van der Waals surface area contributed by atoms with E-state index in [1.807, 2.05) is 6.07 Å². The zero-order valence-electron chi connectivity index (χ0n) is 14.2. The summed E-state index contributed by atoms with van der Waals surface area (Å²) < 4.78 is 33.1. The Balaban J connectivity index is 1.76. The third-order valence-electron chi connectivity index (χ3n) is 4.13. The van der Waals surface area contributed by atoms with Crippen molar-refractivity contribution in [2.45, 2.75) is 25.3 Å². The van der Waals surface area contributed by atoms with Gasteiger partial charge in [-0.3, -0.25) is 14.7 Å². The number of nitrogens with one attached hydrogen (secondary N) is 2. The van der Waals surface area contributed by atoms with E-state index < -0.39 is 10.0 Å². The standard InChI is InChI=1S/C16H21ClN4O3S/c1-11-16(12(2)19-18-11)25(22,23)20-14-4-3-13(15(17)9-14)10-21-5-7-24-8-6-21/h3-4,9,20H,5-8,10H2,1-2H3,(H,18,19). The molecule has 1 aromatic heterocycles. The van der Waals surface area contributed by atoms with Crippen molar-refractivity contribution in [1.29, 1.82) is 0 Å². The number of H-pyrrole nitrogens is 1. The summed E-state index contributed by atoms with van der Waals surface area (Å²) >= 11 is 6.35. The minimum atomic E-state index is -3.72. The van der Waals surface area contributed by atoms with Gasteiger partial charge in [0.25, 0.3) is 10.0 Å². The van der Waals surface area contributed by atoms with Crippen LogP contribution in [0.2, 0.25) is 5.02 Å². The Morgan fingerprint density at radius 2 is 2.04 bits per heavy atom. The topological polar surface area (TPSA) is 87.3 Å². The Labute approximate surface area is 152 Å². The van der Waals surface area contributed by atoms with E-state index in [2.05, 4.69) is 19.8 Å². The molecule has 1 saturated heterocycles. The summed E-state index contributed by atoms with van der Waals surface area (Å²) in [4.78, 5) is 2.42. The van der Waals surface area contributed by atoms with Gasteiger partial charge in [-0.1, -0.05) is 17.7 Å². The number of aryl methyl sites for hydroxylation is 2. The van der Waals surface area contributed by atoms with Gasteiger partial charge in [-0.05, 0) is 31.5 Å². The van der Waals surface area contributed by atoms with Crippen molar-refractivity contribution in [2.24, 2.45) is 0 Å². The predicted molar refractivity (Wildman–Crippen MR) is 96.4 cm³/mol. The summed E-state index contributed by atoms with van der Waals surface area (Å²) in [7, 11) is -3.72. The first-order valence-corrected chi connectivity index (χ1v) is 9.86. The van der Waals surface area contributed by atoms with Gasteiger partial charge in [0, 0.05) is 24.7 Å². The van der Waals surface area contributed by atoms with Gasteiger partial charge in [0.05, 0.1) is 30.3 Å². The summed E-state index contributed by atoms with van der Waals surface area (Å²) in [5.41, 5.74) is 2.32. The van der Waals surface area contributed by atoms with Gasteiger partial charge >= 0.3 is 0 Å². The number of ether oxygens (including phenoxy) is 1. The zero-order chi connectivity index (χ0) is 18.0. The van der Waals surface area contributed by atoms with Crippen LogP contribution >= 0.6 is 11.6 Å². The Kier molecular flexibility index (Phi) is 5.33. The first-order chi connectivity index (χ1) is 11.9. The maximum atomic E-state index is 12.6. The third-order valence-corrected chi connectivity index (χ3v) is 6.13. The van der Waals surface area contributed by atoms with E-state index in [0.29, 0.717) is 22.1 Å². The number of hydrogen-bond donors (Lipinski definition) is 2. The largest absolute Gasteiger partial charge is 0.379 e. The van der Waals surface area contributed by atoms with Crippen LogP contribution in [0.4, 0.5) is 5.69 Å². The van der Waals surface area contributed by atoms with Crippen molar-refractivity contribution in [3.05, 3.63) is 40.2 Å². The number of anilines is 1. The second-order valence-corrected chi connectivity index (χ2v) is 8.09. The van der Waals surface area contributed by atoms with Gasteiger partial charge in [0.2, 0.25) is 0 Å². The molecule has 2 aromatic rings. The number of aromatic nitrogens is 2. The maximum Gasteiger partial charge on any atom is 0.265 e. The lowest BCUT2D eigenvalue weighted by Crippen LogP contribution is -2.35. The molecule has 0 atom stereocenters. The average Bonchev–Trinajstić information content (AvgIpc) is 2.90. The first-order valence-electron chi connectivity index (χ1n) is 8.00. The molecule has 0 unspecified atom stereocenters. The van der Waals surface area contributed by atoms with Crippen LogP contribution in [-0.2, 0) is 21.3 Å². The molecule has 0 radical (unpaired) electrons. The normalized spacial score (nSPS) is 16.1. The number of nitrogens with zero attached hydrogens (tertiary/aromatic N) is 2. The van der Waals surface area contributed by atoms with Gasteiger partial charge in [0.1, 0.15) is 4.90 Å². The molecule has 0 amide bonds. The zero-order valence-corrected chi connectivity index (χ0v) is 15.7. The molecule has 25 heavy (non-hydrogen) atoms. The van der Waals surface area contributed by atoms with Crippen LogP contribution in [0, 0.1) is 13.8 Å². The van der Waals surface area contributed by atoms with E-state index in [4.69, 9.17) is 16.3 Å². The molecule has 136 valence electrons. The SMILES string of the molecule is Cc1n[nH]c(C)c1S(=O)(=O)Nc1ccc(CN2CCOCC2)c(Cl)c1. The fourth-order valence-corrected chi connectivity index (χ4v) is 4.54. The smallest absolute Gasteiger partial charge is 0.265 e. The summed E-state index contributed by atoms with van der Waals surface area (Å²) in [6.07, 6.45) is 0. The van der Waals surface area contributed by atoms with Gasteiger partial charge in [0.15, 0.2) is 0 Å². The van der Waals surface area contributed by atoms with Crippen LogP contribution in [-0.4, -0.2) is 49.8 Å². The molecule has 2 N–H and O–H groups in total. The fraction of sp³-hybridized carbons (Fsp3) is 0.438.